The number of nitrogens with zero attached hydrogens (tertiary/aromatic N) is 5. The quantitative estimate of drug-likeness (QED) is 0.724. The number of aromatic amines is 1. The Kier molecular flexibility index (Phi) is 2.70. The molecule has 0 unspecified atom stereocenters. The highest BCUT2D eigenvalue weighted by molar-refractivity contribution is 6.07. The number of aryl methyl sites for hydroxylation is 3. The maximum absolute atomic E-state index is 12.2. The molecule has 3 aromatic heterocycles. The molecule has 0 atom stereocenters. The zero-order valence-electron chi connectivity index (χ0n) is 11.3. The monoisotopic (exact) mass is 271 g/mol. The number of anilines is 1. The second-order valence-corrected chi connectivity index (χ2v) is 4.53. The van der Waals surface area contributed by atoms with E-state index in [0.717, 1.165) is 11.4 Å². The fourth-order valence-corrected chi connectivity index (χ4v) is 2.00. The highest BCUT2D eigenvalue weighted by atomic mass is 16.1. The van der Waals surface area contributed by atoms with Gasteiger partial charge in [-0.2, -0.15) is 10.1 Å². The third-order valence-corrected chi connectivity index (χ3v) is 2.85. The molecule has 0 aliphatic heterocycles. The van der Waals surface area contributed by atoms with Gasteiger partial charge in [0.2, 0.25) is 5.95 Å². The summed E-state index contributed by atoms with van der Waals surface area (Å²) < 4.78 is 1.63. The van der Waals surface area contributed by atoms with Crippen molar-refractivity contribution in [2.45, 2.75) is 20.8 Å². The largest absolute Gasteiger partial charge is 0.289 e. The number of carbonyl (C=O) groups excluding carboxylic acids is 1. The van der Waals surface area contributed by atoms with Crippen LogP contribution in [0.25, 0.3) is 5.65 Å². The van der Waals surface area contributed by atoms with Crippen LogP contribution in [0.5, 0.6) is 0 Å². The van der Waals surface area contributed by atoms with Crippen molar-refractivity contribution in [1.29, 1.82) is 0 Å². The topological polar surface area (TPSA) is 101 Å². The molecule has 8 heteroatoms. The third-order valence-electron chi connectivity index (χ3n) is 2.85. The summed E-state index contributed by atoms with van der Waals surface area (Å²) in [6, 6.07) is 1.90. The maximum atomic E-state index is 12.2. The number of rotatable bonds is 2. The number of amides is 1. The lowest BCUT2D eigenvalue weighted by molar-refractivity contribution is 0.102. The first-order chi connectivity index (χ1) is 9.54. The van der Waals surface area contributed by atoms with Gasteiger partial charge in [-0.1, -0.05) is 0 Å². The van der Waals surface area contributed by atoms with Crippen LogP contribution >= 0.6 is 0 Å². The summed E-state index contributed by atoms with van der Waals surface area (Å²) in [4.78, 5) is 20.6. The summed E-state index contributed by atoms with van der Waals surface area (Å²) in [6.45, 7) is 5.54. The summed E-state index contributed by atoms with van der Waals surface area (Å²) in [6.07, 6.45) is 1.49. The molecule has 20 heavy (non-hydrogen) atoms. The van der Waals surface area contributed by atoms with Crippen LogP contribution in [0.15, 0.2) is 12.3 Å². The molecule has 3 rings (SSSR count). The Morgan fingerprint density at radius 3 is 2.80 bits per heavy atom. The van der Waals surface area contributed by atoms with Gasteiger partial charge in [0.25, 0.3) is 5.91 Å². The van der Waals surface area contributed by atoms with E-state index in [9.17, 15) is 4.79 Å². The first-order valence-corrected chi connectivity index (χ1v) is 6.07. The van der Waals surface area contributed by atoms with Gasteiger partial charge in [0, 0.05) is 11.4 Å². The van der Waals surface area contributed by atoms with E-state index in [4.69, 9.17) is 0 Å². The van der Waals surface area contributed by atoms with E-state index < -0.39 is 0 Å². The van der Waals surface area contributed by atoms with Crippen molar-refractivity contribution in [3.05, 3.63) is 35.0 Å². The number of H-pyrrole nitrogens is 1. The summed E-state index contributed by atoms with van der Waals surface area (Å²) >= 11 is 0. The molecule has 0 bridgehead atoms. The Labute approximate surface area is 114 Å². The zero-order chi connectivity index (χ0) is 14.3. The summed E-state index contributed by atoms with van der Waals surface area (Å²) in [5, 5.41) is 13.3. The highest BCUT2D eigenvalue weighted by Crippen LogP contribution is 2.13. The van der Waals surface area contributed by atoms with Crippen LogP contribution in [0.4, 0.5) is 5.95 Å². The van der Waals surface area contributed by atoms with Gasteiger partial charge in [0.15, 0.2) is 5.65 Å². The molecule has 0 aromatic carbocycles. The third kappa shape index (κ3) is 2.00. The number of hydrogen-bond donors (Lipinski definition) is 2. The van der Waals surface area contributed by atoms with Gasteiger partial charge in [0.1, 0.15) is 11.4 Å². The minimum Gasteiger partial charge on any atom is -0.289 e. The number of fused-ring (bicyclic) bond motifs is 1. The van der Waals surface area contributed by atoms with Crippen LogP contribution in [-0.2, 0) is 0 Å². The predicted octanol–water partition coefficient (Wildman–Crippen LogP) is 1.02. The predicted molar refractivity (Wildman–Crippen MR) is 71.5 cm³/mol. The molecule has 102 valence electrons. The molecule has 3 heterocycles. The molecule has 8 nitrogen and oxygen atoms in total. The van der Waals surface area contributed by atoms with E-state index in [2.05, 4.69) is 30.6 Å². The lowest BCUT2D eigenvalue weighted by Crippen LogP contribution is -2.13. The Morgan fingerprint density at radius 2 is 2.10 bits per heavy atom. The summed E-state index contributed by atoms with van der Waals surface area (Å²) in [5.74, 6) is 0.526. The van der Waals surface area contributed by atoms with Crippen molar-refractivity contribution in [3.63, 3.8) is 0 Å². The Bertz CT molecular complexity index is 801. The summed E-state index contributed by atoms with van der Waals surface area (Å²) in [5.41, 5.74) is 2.66. The van der Waals surface area contributed by atoms with E-state index in [0.29, 0.717) is 17.0 Å². The van der Waals surface area contributed by atoms with Crippen molar-refractivity contribution in [3.8, 4) is 0 Å². The maximum Gasteiger partial charge on any atom is 0.263 e. The lowest BCUT2D eigenvalue weighted by atomic mass is 10.3. The number of nitrogens with one attached hydrogen (secondary N) is 2. The molecular formula is C12H13N7O. The van der Waals surface area contributed by atoms with E-state index in [1.807, 2.05) is 19.9 Å². The Hall–Kier alpha value is -2.77. The van der Waals surface area contributed by atoms with E-state index in [-0.39, 0.29) is 11.9 Å². The van der Waals surface area contributed by atoms with Gasteiger partial charge < -0.3 is 0 Å². The minimum absolute atomic E-state index is 0.233. The zero-order valence-corrected chi connectivity index (χ0v) is 11.3. The molecule has 0 radical (unpaired) electrons. The fourth-order valence-electron chi connectivity index (χ4n) is 2.00. The van der Waals surface area contributed by atoms with Gasteiger partial charge in [-0.25, -0.2) is 9.50 Å². The van der Waals surface area contributed by atoms with Gasteiger partial charge >= 0.3 is 0 Å². The van der Waals surface area contributed by atoms with Gasteiger partial charge in [-0.3, -0.25) is 15.2 Å². The lowest BCUT2D eigenvalue weighted by Gasteiger charge is -2.02. The van der Waals surface area contributed by atoms with Crippen LogP contribution in [-0.4, -0.2) is 35.7 Å². The van der Waals surface area contributed by atoms with Gasteiger partial charge in [-0.05, 0) is 26.8 Å². The van der Waals surface area contributed by atoms with Crippen molar-refractivity contribution in [2.75, 3.05) is 5.32 Å². The fraction of sp³-hybridized carbons (Fsp3) is 0.250. The van der Waals surface area contributed by atoms with E-state index >= 15 is 0 Å². The van der Waals surface area contributed by atoms with E-state index in [1.165, 1.54) is 6.20 Å². The second-order valence-electron chi connectivity index (χ2n) is 4.53. The molecule has 0 aliphatic carbocycles. The van der Waals surface area contributed by atoms with E-state index in [1.54, 1.807) is 11.4 Å². The summed E-state index contributed by atoms with van der Waals surface area (Å²) in [7, 11) is 0. The molecule has 1 amide bonds. The molecule has 0 fully saturated rings. The van der Waals surface area contributed by atoms with Crippen LogP contribution in [0, 0.1) is 20.8 Å². The van der Waals surface area contributed by atoms with Crippen LogP contribution in [0.2, 0.25) is 0 Å². The smallest absolute Gasteiger partial charge is 0.263 e. The average molecular weight is 271 g/mol. The Balaban J connectivity index is 1.99. The van der Waals surface area contributed by atoms with Crippen molar-refractivity contribution < 1.29 is 4.79 Å². The van der Waals surface area contributed by atoms with Crippen molar-refractivity contribution in [2.24, 2.45) is 0 Å². The van der Waals surface area contributed by atoms with Crippen LogP contribution in [0.3, 0.4) is 0 Å². The molecule has 0 aliphatic rings. The Morgan fingerprint density at radius 1 is 1.30 bits per heavy atom. The molecule has 3 aromatic rings. The number of aromatic nitrogens is 6. The average Bonchev–Trinajstić information content (AvgIpc) is 2.95. The van der Waals surface area contributed by atoms with Crippen molar-refractivity contribution in [1.82, 2.24) is 29.8 Å². The SMILES string of the molecule is Cc1cc(C)n2ncc(C(=O)Nc3n[nH]c(C)n3)c2n1. The van der Waals surface area contributed by atoms with Crippen molar-refractivity contribution >= 4 is 17.5 Å². The number of carbonyl (C=O) groups is 1. The van der Waals surface area contributed by atoms with Gasteiger partial charge in [0.05, 0.1) is 6.20 Å². The first kappa shape index (κ1) is 12.3. The van der Waals surface area contributed by atoms with Gasteiger partial charge in [-0.15, -0.1) is 5.10 Å². The molecule has 0 saturated carbocycles. The first-order valence-electron chi connectivity index (χ1n) is 6.07. The molecular weight excluding hydrogens is 258 g/mol. The number of hydrogen-bond acceptors (Lipinski definition) is 5. The molecule has 0 saturated heterocycles. The normalized spacial score (nSPS) is 10.9. The minimum atomic E-state index is -0.337. The van der Waals surface area contributed by atoms with Crippen LogP contribution in [0.1, 0.15) is 27.6 Å². The standard InChI is InChI=1S/C12H13N7O/c1-6-4-7(2)19-10(14-6)9(5-13-19)11(20)16-12-15-8(3)17-18-12/h4-5H,1-3H3,(H2,15,16,17,18,20). The molecule has 2 N–H and O–H groups in total. The molecule has 0 spiro atoms. The second kappa shape index (κ2) is 4.41. The highest BCUT2D eigenvalue weighted by Gasteiger charge is 2.16. The van der Waals surface area contributed by atoms with Crippen LogP contribution < -0.4 is 5.32 Å².